The van der Waals surface area contributed by atoms with E-state index in [0.717, 1.165) is 0 Å². The van der Waals surface area contributed by atoms with E-state index < -0.39 is 12.2 Å². The summed E-state index contributed by atoms with van der Waals surface area (Å²) in [6.45, 7) is 0. The Bertz CT molecular complexity index is 902. The first kappa shape index (κ1) is 16.7. The Kier molecular flexibility index (Phi) is 4.26. The van der Waals surface area contributed by atoms with Gasteiger partial charge in [-0.1, -0.05) is 6.07 Å². The highest BCUT2D eigenvalue weighted by molar-refractivity contribution is 5.77. The molecule has 0 aliphatic heterocycles. The molecule has 8 heteroatoms. The van der Waals surface area contributed by atoms with Crippen molar-refractivity contribution in [2.24, 2.45) is 0 Å². The number of aromatic nitrogens is 2. The molecule has 3 rings (SSSR count). The number of nitrogens with zero attached hydrogens (tertiary/aromatic N) is 2. The van der Waals surface area contributed by atoms with Gasteiger partial charge in [0.05, 0.1) is 17.6 Å². The van der Waals surface area contributed by atoms with Gasteiger partial charge in [-0.05, 0) is 36.4 Å². The van der Waals surface area contributed by atoms with Crippen LogP contribution in [-0.4, -0.2) is 22.2 Å². The molecule has 0 unspecified atom stereocenters. The molecule has 0 saturated carbocycles. The highest BCUT2D eigenvalue weighted by atomic mass is 19.4. The first-order valence-corrected chi connectivity index (χ1v) is 7.01. The molecule has 25 heavy (non-hydrogen) atoms. The first-order chi connectivity index (χ1) is 11.9. The van der Waals surface area contributed by atoms with Gasteiger partial charge in [0, 0.05) is 17.4 Å². The Balaban J connectivity index is 1.84. The standard InChI is InChI=1S/C17H10F4N2O2/c18-15-7-11(1-2-12(15)9-24)16-8-23(10-22-16)13-3-5-14(6-4-13)25-17(19,20)21/h1-10H. The first-order valence-electron chi connectivity index (χ1n) is 7.01. The number of benzene rings is 2. The van der Waals surface area contributed by atoms with Crippen LogP contribution >= 0.6 is 0 Å². The van der Waals surface area contributed by atoms with Gasteiger partial charge in [0.25, 0.3) is 0 Å². The van der Waals surface area contributed by atoms with Crippen molar-refractivity contribution >= 4 is 6.29 Å². The molecule has 3 aromatic rings. The average molecular weight is 350 g/mol. The minimum atomic E-state index is -4.75. The Morgan fingerprint density at radius 3 is 2.40 bits per heavy atom. The molecule has 0 aliphatic rings. The molecule has 0 aliphatic carbocycles. The van der Waals surface area contributed by atoms with Crippen molar-refractivity contribution in [3.8, 4) is 22.7 Å². The van der Waals surface area contributed by atoms with E-state index in [-0.39, 0.29) is 11.3 Å². The smallest absolute Gasteiger partial charge is 0.406 e. The van der Waals surface area contributed by atoms with Crippen molar-refractivity contribution in [1.29, 1.82) is 0 Å². The topological polar surface area (TPSA) is 44.1 Å². The van der Waals surface area contributed by atoms with Gasteiger partial charge in [0.15, 0.2) is 6.29 Å². The zero-order chi connectivity index (χ0) is 18.0. The predicted molar refractivity (Wildman–Crippen MR) is 81.0 cm³/mol. The fourth-order valence-corrected chi connectivity index (χ4v) is 2.22. The highest BCUT2D eigenvalue weighted by Crippen LogP contribution is 2.25. The fourth-order valence-electron chi connectivity index (χ4n) is 2.22. The summed E-state index contributed by atoms with van der Waals surface area (Å²) in [6, 6.07) is 9.32. The van der Waals surface area contributed by atoms with Gasteiger partial charge in [-0.15, -0.1) is 13.2 Å². The lowest BCUT2D eigenvalue weighted by molar-refractivity contribution is -0.274. The van der Waals surface area contributed by atoms with Gasteiger partial charge < -0.3 is 9.30 Å². The monoisotopic (exact) mass is 350 g/mol. The molecule has 1 aromatic heterocycles. The molecular weight excluding hydrogens is 340 g/mol. The number of alkyl halides is 3. The number of hydrogen-bond acceptors (Lipinski definition) is 3. The number of aldehydes is 1. The molecule has 1 heterocycles. The SMILES string of the molecule is O=Cc1ccc(-c2cn(-c3ccc(OC(F)(F)F)cc3)cn2)cc1F. The second kappa shape index (κ2) is 6.39. The summed E-state index contributed by atoms with van der Waals surface area (Å²) in [7, 11) is 0. The number of hydrogen-bond donors (Lipinski definition) is 0. The number of ether oxygens (including phenoxy) is 1. The van der Waals surface area contributed by atoms with Crippen LogP contribution in [0.25, 0.3) is 16.9 Å². The van der Waals surface area contributed by atoms with Gasteiger partial charge >= 0.3 is 6.36 Å². The van der Waals surface area contributed by atoms with Crippen LogP contribution in [0.4, 0.5) is 17.6 Å². The van der Waals surface area contributed by atoms with E-state index in [9.17, 15) is 22.4 Å². The van der Waals surface area contributed by atoms with Crippen LogP contribution in [0.15, 0.2) is 55.0 Å². The third kappa shape index (κ3) is 3.85. The Labute approximate surface area is 139 Å². The minimum absolute atomic E-state index is 0.0524. The number of imidazole rings is 1. The Morgan fingerprint density at radius 1 is 1.08 bits per heavy atom. The summed E-state index contributed by atoms with van der Waals surface area (Å²) in [6.07, 6.45) is -1.29. The zero-order valence-electron chi connectivity index (χ0n) is 12.5. The van der Waals surface area contributed by atoms with Crippen molar-refractivity contribution in [3.05, 3.63) is 66.4 Å². The van der Waals surface area contributed by atoms with Crippen molar-refractivity contribution < 1.29 is 27.1 Å². The van der Waals surface area contributed by atoms with E-state index in [0.29, 0.717) is 23.2 Å². The summed E-state index contributed by atoms with van der Waals surface area (Å²) in [5.41, 5.74) is 1.42. The van der Waals surface area contributed by atoms with Crippen LogP contribution < -0.4 is 4.74 Å². The summed E-state index contributed by atoms with van der Waals surface area (Å²) in [5, 5.41) is 0. The van der Waals surface area contributed by atoms with Crippen LogP contribution in [0, 0.1) is 5.82 Å². The molecule has 0 radical (unpaired) electrons. The van der Waals surface area contributed by atoms with Crippen LogP contribution in [0.1, 0.15) is 10.4 Å². The summed E-state index contributed by atoms with van der Waals surface area (Å²) in [4.78, 5) is 14.8. The van der Waals surface area contributed by atoms with E-state index in [2.05, 4.69) is 9.72 Å². The number of rotatable bonds is 4. The number of carbonyl (C=O) groups excluding carboxylic acids is 1. The number of halogens is 4. The van der Waals surface area contributed by atoms with E-state index in [1.807, 2.05) is 0 Å². The van der Waals surface area contributed by atoms with E-state index >= 15 is 0 Å². The second-order valence-corrected chi connectivity index (χ2v) is 5.06. The summed E-state index contributed by atoms with van der Waals surface area (Å²) < 4.78 is 55.5. The number of carbonyl (C=O) groups is 1. The maximum absolute atomic E-state index is 13.7. The second-order valence-electron chi connectivity index (χ2n) is 5.06. The predicted octanol–water partition coefficient (Wildman–Crippen LogP) is 4.39. The van der Waals surface area contributed by atoms with Crippen molar-refractivity contribution in [2.45, 2.75) is 6.36 Å². The molecule has 0 amide bonds. The molecular formula is C17H10F4N2O2. The zero-order valence-corrected chi connectivity index (χ0v) is 12.5. The van der Waals surface area contributed by atoms with Crippen LogP contribution in [-0.2, 0) is 0 Å². The fraction of sp³-hybridized carbons (Fsp3) is 0.0588. The van der Waals surface area contributed by atoms with Gasteiger partial charge in [-0.3, -0.25) is 4.79 Å². The Hall–Kier alpha value is -3.16. The summed E-state index contributed by atoms with van der Waals surface area (Å²) >= 11 is 0. The third-order valence-electron chi connectivity index (χ3n) is 3.37. The molecule has 0 fully saturated rings. The van der Waals surface area contributed by atoms with E-state index in [4.69, 9.17) is 0 Å². The molecule has 0 N–H and O–H groups in total. The highest BCUT2D eigenvalue weighted by Gasteiger charge is 2.30. The quantitative estimate of drug-likeness (QED) is 0.518. The molecule has 0 atom stereocenters. The van der Waals surface area contributed by atoms with Gasteiger partial charge in [0.2, 0.25) is 0 Å². The van der Waals surface area contributed by atoms with E-state index in [1.54, 1.807) is 16.8 Å². The van der Waals surface area contributed by atoms with Crippen molar-refractivity contribution in [3.63, 3.8) is 0 Å². The molecule has 0 saturated heterocycles. The van der Waals surface area contributed by atoms with Gasteiger partial charge in [-0.2, -0.15) is 0 Å². The average Bonchev–Trinajstić information content (AvgIpc) is 3.04. The van der Waals surface area contributed by atoms with Gasteiger partial charge in [-0.25, -0.2) is 9.37 Å². The maximum atomic E-state index is 13.7. The summed E-state index contributed by atoms with van der Waals surface area (Å²) in [5.74, 6) is -0.987. The molecule has 4 nitrogen and oxygen atoms in total. The van der Waals surface area contributed by atoms with Crippen LogP contribution in [0.5, 0.6) is 5.75 Å². The minimum Gasteiger partial charge on any atom is -0.406 e. The molecule has 0 bridgehead atoms. The molecule has 0 spiro atoms. The normalized spacial score (nSPS) is 11.4. The lowest BCUT2D eigenvalue weighted by atomic mass is 10.1. The lowest BCUT2D eigenvalue weighted by Crippen LogP contribution is -2.17. The largest absolute Gasteiger partial charge is 0.573 e. The van der Waals surface area contributed by atoms with Crippen molar-refractivity contribution in [2.75, 3.05) is 0 Å². The van der Waals surface area contributed by atoms with Crippen LogP contribution in [0.2, 0.25) is 0 Å². The van der Waals surface area contributed by atoms with Crippen LogP contribution in [0.3, 0.4) is 0 Å². The van der Waals surface area contributed by atoms with Crippen molar-refractivity contribution in [1.82, 2.24) is 9.55 Å². The van der Waals surface area contributed by atoms with Gasteiger partial charge in [0.1, 0.15) is 11.6 Å². The molecule has 128 valence electrons. The van der Waals surface area contributed by atoms with E-state index in [1.165, 1.54) is 42.7 Å². The maximum Gasteiger partial charge on any atom is 0.573 e. The third-order valence-corrected chi connectivity index (χ3v) is 3.37. The lowest BCUT2D eigenvalue weighted by Gasteiger charge is -2.09. The molecule has 2 aromatic carbocycles. The Morgan fingerprint density at radius 2 is 1.80 bits per heavy atom.